The van der Waals surface area contributed by atoms with Gasteiger partial charge in [-0.1, -0.05) is 12.5 Å². The molecule has 1 aliphatic carbocycles. The number of likely N-dealkylation sites (tertiary alicyclic amines) is 1. The van der Waals surface area contributed by atoms with E-state index in [0.717, 1.165) is 25.8 Å². The quantitative estimate of drug-likeness (QED) is 0.807. The Bertz CT molecular complexity index is 590. The Balaban J connectivity index is 1.78. The predicted molar refractivity (Wildman–Crippen MR) is 99.8 cm³/mol. The van der Waals surface area contributed by atoms with Crippen LogP contribution in [-0.4, -0.2) is 41.2 Å². The van der Waals surface area contributed by atoms with E-state index >= 15 is 0 Å². The van der Waals surface area contributed by atoms with Crippen LogP contribution in [0.3, 0.4) is 0 Å². The minimum absolute atomic E-state index is 0.213. The van der Waals surface area contributed by atoms with E-state index in [1.165, 1.54) is 24.8 Å². The zero-order chi connectivity index (χ0) is 18.0. The van der Waals surface area contributed by atoms with E-state index < -0.39 is 5.60 Å². The van der Waals surface area contributed by atoms with E-state index in [4.69, 9.17) is 4.74 Å². The molecule has 0 bridgehead atoms. The molecule has 1 aromatic heterocycles. The van der Waals surface area contributed by atoms with Gasteiger partial charge in [0.25, 0.3) is 0 Å². The molecule has 1 atom stereocenters. The normalized spacial score (nSPS) is 22.3. The molecule has 0 unspecified atom stereocenters. The molecular weight excluding hydrogens is 314 g/mol. The Hall–Kier alpha value is -1.62. The molecule has 1 aliphatic heterocycles. The number of pyridine rings is 1. The van der Waals surface area contributed by atoms with Gasteiger partial charge in [0.2, 0.25) is 0 Å². The van der Waals surface area contributed by atoms with Gasteiger partial charge in [-0.3, -0.25) is 9.80 Å². The van der Waals surface area contributed by atoms with Crippen molar-refractivity contribution < 1.29 is 9.53 Å². The van der Waals surface area contributed by atoms with Gasteiger partial charge < -0.3 is 4.74 Å². The monoisotopic (exact) mass is 345 g/mol. The molecule has 5 nitrogen and oxygen atoms in total. The summed E-state index contributed by atoms with van der Waals surface area (Å²) in [5, 5.41) is 0. The number of amides is 1. The lowest BCUT2D eigenvalue weighted by atomic mass is 9.91. The number of piperidine rings is 1. The fourth-order valence-corrected chi connectivity index (χ4v) is 3.62. The Morgan fingerprint density at radius 2 is 1.96 bits per heavy atom. The van der Waals surface area contributed by atoms with Gasteiger partial charge in [0.15, 0.2) is 0 Å². The minimum atomic E-state index is -0.496. The number of nitrogens with zero attached hydrogens (tertiary/aromatic N) is 3. The van der Waals surface area contributed by atoms with Gasteiger partial charge in [-0.2, -0.15) is 0 Å². The molecule has 0 spiro atoms. The molecule has 2 heterocycles. The van der Waals surface area contributed by atoms with Gasteiger partial charge in [0.1, 0.15) is 11.4 Å². The third kappa shape index (κ3) is 4.32. The second-order valence-electron chi connectivity index (χ2n) is 8.38. The molecule has 2 fully saturated rings. The summed E-state index contributed by atoms with van der Waals surface area (Å²) in [5.74, 6) is 0.709. The zero-order valence-electron chi connectivity index (χ0n) is 16.0. The highest BCUT2D eigenvalue weighted by molar-refractivity contribution is 5.87. The van der Waals surface area contributed by atoms with Crippen molar-refractivity contribution in [3.05, 3.63) is 23.9 Å². The predicted octanol–water partition coefficient (Wildman–Crippen LogP) is 4.53. The topological polar surface area (TPSA) is 45.7 Å². The van der Waals surface area contributed by atoms with E-state index in [1.807, 2.05) is 33.0 Å². The van der Waals surface area contributed by atoms with E-state index in [1.54, 1.807) is 4.90 Å². The summed E-state index contributed by atoms with van der Waals surface area (Å²) in [6.07, 6.45) is 8.58. The van der Waals surface area contributed by atoms with Crippen LogP contribution in [0.15, 0.2) is 18.3 Å². The molecule has 3 rings (SSSR count). The van der Waals surface area contributed by atoms with Crippen LogP contribution in [-0.2, 0) is 4.74 Å². The molecule has 1 aromatic rings. The van der Waals surface area contributed by atoms with Crippen molar-refractivity contribution in [1.29, 1.82) is 0 Å². The number of rotatable bonds is 3. The van der Waals surface area contributed by atoms with E-state index in [9.17, 15) is 4.79 Å². The van der Waals surface area contributed by atoms with Gasteiger partial charge in [-0.05, 0) is 78.1 Å². The van der Waals surface area contributed by atoms with Crippen molar-refractivity contribution in [3.8, 4) is 0 Å². The average Bonchev–Trinajstić information content (AvgIpc) is 2.50. The van der Waals surface area contributed by atoms with Gasteiger partial charge in [0, 0.05) is 18.3 Å². The molecule has 2 aliphatic rings. The fraction of sp³-hybridized carbons (Fsp3) is 0.700. The molecule has 0 radical (unpaired) electrons. The summed E-state index contributed by atoms with van der Waals surface area (Å²) in [6.45, 7) is 6.84. The van der Waals surface area contributed by atoms with Gasteiger partial charge in [-0.25, -0.2) is 9.78 Å². The molecule has 138 valence electrons. The lowest BCUT2D eigenvalue weighted by Gasteiger charge is -2.37. The summed E-state index contributed by atoms with van der Waals surface area (Å²) in [5.41, 5.74) is 0.743. The average molecular weight is 345 g/mol. The van der Waals surface area contributed by atoms with Crippen LogP contribution in [0, 0.1) is 0 Å². The second kappa shape index (κ2) is 7.32. The first-order chi connectivity index (χ1) is 11.8. The van der Waals surface area contributed by atoms with E-state index in [0.29, 0.717) is 11.9 Å². The molecule has 0 aromatic carbocycles. The first-order valence-electron chi connectivity index (χ1n) is 9.53. The smallest absolute Gasteiger partial charge is 0.416 e. The van der Waals surface area contributed by atoms with Crippen LogP contribution in [0.2, 0.25) is 0 Å². The highest BCUT2D eigenvalue weighted by atomic mass is 16.6. The Morgan fingerprint density at radius 3 is 2.48 bits per heavy atom. The number of carbonyl (C=O) groups is 1. The number of aromatic nitrogens is 1. The van der Waals surface area contributed by atoms with Crippen LogP contribution in [0.25, 0.3) is 0 Å². The van der Waals surface area contributed by atoms with Crippen molar-refractivity contribution in [3.63, 3.8) is 0 Å². The molecule has 1 amide bonds. The van der Waals surface area contributed by atoms with Crippen molar-refractivity contribution >= 4 is 11.9 Å². The van der Waals surface area contributed by atoms with Crippen LogP contribution >= 0.6 is 0 Å². The van der Waals surface area contributed by atoms with Crippen molar-refractivity contribution in [2.24, 2.45) is 0 Å². The molecule has 1 saturated heterocycles. The van der Waals surface area contributed by atoms with E-state index in [-0.39, 0.29) is 12.1 Å². The number of hydrogen-bond donors (Lipinski definition) is 0. The molecular formula is C20H31N3O2. The lowest BCUT2D eigenvalue weighted by Crippen LogP contribution is -2.47. The van der Waals surface area contributed by atoms with Crippen LogP contribution < -0.4 is 4.90 Å². The Morgan fingerprint density at radius 1 is 1.20 bits per heavy atom. The number of ether oxygens (including phenoxy) is 1. The summed E-state index contributed by atoms with van der Waals surface area (Å²) in [7, 11) is 2.18. The third-order valence-corrected chi connectivity index (χ3v) is 5.20. The van der Waals surface area contributed by atoms with Gasteiger partial charge in [0.05, 0.1) is 0 Å². The highest BCUT2D eigenvalue weighted by Gasteiger charge is 2.34. The number of carbonyl (C=O) groups excluding carboxylic acids is 1. The Kier molecular flexibility index (Phi) is 5.32. The molecule has 5 heteroatoms. The summed E-state index contributed by atoms with van der Waals surface area (Å²) >= 11 is 0. The molecule has 25 heavy (non-hydrogen) atoms. The number of hydrogen-bond acceptors (Lipinski definition) is 4. The lowest BCUT2D eigenvalue weighted by molar-refractivity contribution is 0.0548. The SMILES string of the molecule is CN1CCCC[C@H]1c1ccc(N(C(=O)OC(C)(C)C)C2CCC2)nc1. The molecule has 1 saturated carbocycles. The van der Waals surface area contributed by atoms with Crippen LogP contribution in [0.5, 0.6) is 0 Å². The number of anilines is 1. The first-order valence-corrected chi connectivity index (χ1v) is 9.53. The minimum Gasteiger partial charge on any atom is -0.443 e. The standard InChI is InChI=1S/C20H31N3O2/c1-20(2,3)25-19(24)23(16-8-7-9-16)18-12-11-15(14-21-18)17-10-5-6-13-22(17)4/h11-12,14,16-17H,5-10,13H2,1-4H3/t17-/m0/s1. The largest absolute Gasteiger partial charge is 0.443 e. The summed E-state index contributed by atoms with van der Waals surface area (Å²) in [4.78, 5) is 21.5. The first kappa shape index (κ1) is 18.2. The van der Waals surface area contributed by atoms with Crippen molar-refractivity contribution in [1.82, 2.24) is 9.88 Å². The Labute approximate surface area is 151 Å². The van der Waals surface area contributed by atoms with Crippen molar-refractivity contribution in [2.75, 3.05) is 18.5 Å². The maximum absolute atomic E-state index is 12.7. The maximum atomic E-state index is 12.7. The van der Waals surface area contributed by atoms with Crippen molar-refractivity contribution in [2.45, 2.75) is 77.0 Å². The summed E-state index contributed by atoms with van der Waals surface area (Å²) in [6, 6.07) is 4.77. The molecule has 0 N–H and O–H groups in total. The highest BCUT2D eigenvalue weighted by Crippen LogP contribution is 2.33. The fourth-order valence-electron chi connectivity index (χ4n) is 3.62. The second-order valence-corrected chi connectivity index (χ2v) is 8.38. The van der Waals surface area contributed by atoms with Crippen LogP contribution in [0.1, 0.15) is 70.9 Å². The van der Waals surface area contributed by atoms with Gasteiger partial charge >= 0.3 is 6.09 Å². The third-order valence-electron chi connectivity index (χ3n) is 5.20. The van der Waals surface area contributed by atoms with Gasteiger partial charge in [-0.15, -0.1) is 0 Å². The van der Waals surface area contributed by atoms with E-state index in [2.05, 4.69) is 23.0 Å². The summed E-state index contributed by atoms with van der Waals surface area (Å²) < 4.78 is 5.61. The van der Waals surface area contributed by atoms with Crippen LogP contribution in [0.4, 0.5) is 10.6 Å². The maximum Gasteiger partial charge on any atom is 0.416 e. The zero-order valence-corrected chi connectivity index (χ0v) is 16.0.